The molecule has 0 bridgehead atoms. The summed E-state index contributed by atoms with van der Waals surface area (Å²) in [4.78, 5) is 14.2. The van der Waals surface area contributed by atoms with Crippen molar-refractivity contribution in [2.75, 3.05) is 43.1 Å². The van der Waals surface area contributed by atoms with Crippen molar-refractivity contribution >= 4 is 17.4 Å². The lowest BCUT2D eigenvalue weighted by Gasteiger charge is -2.28. The van der Waals surface area contributed by atoms with E-state index in [2.05, 4.69) is 39.8 Å². The largest absolute Gasteiger partial charge is 0.378 e. The van der Waals surface area contributed by atoms with E-state index in [4.69, 9.17) is 4.74 Å². The molecular formula is C19H23N3O2. The molecule has 0 aromatic heterocycles. The summed E-state index contributed by atoms with van der Waals surface area (Å²) in [6.45, 7) is 4.08. The van der Waals surface area contributed by atoms with Gasteiger partial charge in [-0.15, -0.1) is 0 Å². The number of para-hydroxylation sites is 1. The van der Waals surface area contributed by atoms with Crippen molar-refractivity contribution in [2.24, 2.45) is 0 Å². The number of carbonyl (C=O) groups is 1. The van der Waals surface area contributed by atoms with E-state index in [1.807, 2.05) is 30.3 Å². The minimum atomic E-state index is -0.175. The maximum absolute atomic E-state index is 11.8. The fourth-order valence-electron chi connectivity index (χ4n) is 2.71. The van der Waals surface area contributed by atoms with Crippen molar-refractivity contribution in [1.29, 1.82) is 0 Å². The third kappa shape index (κ3) is 4.73. The van der Waals surface area contributed by atoms with E-state index in [1.54, 1.807) is 0 Å². The topological polar surface area (TPSA) is 53.6 Å². The van der Waals surface area contributed by atoms with Crippen LogP contribution >= 0.6 is 0 Å². The molecule has 2 aromatic rings. The number of anilines is 2. The fraction of sp³-hybridized carbons (Fsp3) is 0.316. The first-order chi connectivity index (χ1) is 11.8. The molecule has 1 aliphatic rings. The standard InChI is InChI=1S/C19H23N3O2/c23-19(21-17-4-2-1-3-5-17)20-11-10-16-6-8-18(9-7-16)22-12-14-24-15-13-22/h1-9H,10-15H2,(H2,20,21,23). The van der Waals surface area contributed by atoms with Crippen molar-refractivity contribution in [3.8, 4) is 0 Å². The van der Waals surface area contributed by atoms with Gasteiger partial charge in [0.05, 0.1) is 13.2 Å². The minimum absolute atomic E-state index is 0.175. The lowest BCUT2D eigenvalue weighted by Crippen LogP contribution is -2.36. The van der Waals surface area contributed by atoms with Crippen LogP contribution in [-0.4, -0.2) is 38.9 Å². The van der Waals surface area contributed by atoms with Crippen molar-refractivity contribution in [2.45, 2.75) is 6.42 Å². The molecule has 1 aliphatic heterocycles. The van der Waals surface area contributed by atoms with Crippen LogP contribution in [0.1, 0.15) is 5.56 Å². The van der Waals surface area contributed by atoms with Crippen LogP contribution in [0.4, 0.5) is 16.2 Å². The summed E-state index contributed by atoms with van der Waals surface area (Å²) in [6.07, 6.45) is 0.811. The van der Waals surface area contributed by atoms with Crippen LogP contribution in [-0.2, 0) is 11.2 Å². The van der Waals surface area contributed by atoms with E-state index >= 15 is 0 Å². The number of morpholine rings is 1. The Bertz CT molecular complexity index is 637. The Labute approximate surface area is 142 Å². The van der Waals surface area contributed by atoms with E-state index in [1.165, 1.54) is 11.3 Å². The minimum Gasteiger partial charge on any atom is -0.378 e. The Morgan fingerprint density at radius 2 is 1.71 bits per heavy atom. The average Bonchev–Trinajstić information content (AvgIpc) is 2.64. The van der Waals surface area contributed by atoms with Gasteiger partial charge in [0.1, 0.15) is 0 Å². The summed E-state index contributed by atoms with van der Waals surface area (Å²) in [7, 11) is 0. The van der Waals surface area contributed by atoms with Gasteiger partial charge in [0, 0.05) is 31.0 Å². The zero-order valence-corrected chi connectivity index (χ0v) is 13.7. The second-order valence-corrected chi connectivity index (χ2v) is 5.76. The Hall–Kier alpha value is -2.53. The van der Waals surface area contributed by atoms with Gasteiger partial charge >= 0.3 is 6.03 Å². The lowest BCUT2D eigenvalue weighted by molar-refractivity contribution is 0.122. The number of carbonyl (C=O) groups excluding carboxylic acids is 1. The number of ether oxygens (including phenoxy) is 1. The number of nitrogens with one attached hydrogen (secondary N) is 2. The molecule has 1 heterocycles. The summed E-state index contributed by atoms with van der Waals surface area (Å²) in [5.74, 6) is 0. The van der Waals surface area contributed by atoms with Gasteiger partial charge in [0.2, 0.25) is 0 Å². The maximum Gasteiger partial charge on any atom is 0.319 e. The molecular weight excluding hydrogens is 302 g/mol. The third-order valence-corrected chi connectivity index (χ3v) is 4.04. The zero-order valence-electron chi connectivity index (χ0n) is 13.7. The maximum atomic E-state index is 11.8. The molecule has 0 aliphatic carbocycles. The Balaban J connectivity index is 1.42. The van der Waals surface area contributed by atoms with Crippen LogP contribution < -0.4 is 15.5 Å². The number of benzene rings is 2. The summed E-state index contributed by atoms with van der Waals surface area (Å²) < 4.78 is 5.38. The summed E-state index contributed by atoms with van der Waals surface area (Å²) in [5.41, 5.74) is 3.24. The highest BCUT2D eigenvalue weighted by molar-refractivity contribution is 5.89. The molecule has 126 valence electrons. The van der Waals surface area contributed by atoms with Gasteiger partial charge in [0.15, 0.2) is 0 Å². The first-order valence-electron chi connectivity index (χ1n) is 8.33. The number of amides is 2. The van der Waals surface area contributed by atoms with Gasteiger partial charge in [-0.1, -0.05) is 30.3 Å². The molecule has 0 spiro atoms. The molecule has 0 radical (unpaired) electrons. The van der Waals surface area contributed by atoms with Crippen LogP contribution in [0, 0.1) is 0 Å². The number of rotatable bonds is 5. The number of hydrogen-bond acceptors (Lipinski definition) is 3. The van der Waals surface area contributed by atoms with Crippen molar-refractivity contribution < 1.29 is 9.53 Å². The summed E-state index contributed by atoms with van der Waals surface area (Å²) in [5, 5.41) is 5.69. The van der Waals surface area contributed by atoms with E-state index in [0.29, 0.717) is 6.54 Å². The van der Waals surface area contributed by atoms with E-state index < -0.39 is 0 Å². The molecule has 2 amide bonds. The highest BCUT2D eigenvalue weighted by atomic mass is 16.5. The third-order valence-electron chi connectivity index (χ3n) is 4.04. The average molecular weight is 325 g/mol. The number of urea groups is 1. The zero-order chi connectivity index (χ0) is 16.6. The van der Waals surface area contributed by atoms with Crippen molar-refractivity contribution in [3.63, 3.8) is 0 Å². The van der Waals surface area contributed by atoms with Crippen molar-refractivity contribution in [3.05, 3.63) is 60.2 Å². The van der Waals surface area contributed by atoms with E-state index in [-0.39, 0.29) is 6.03 Å². The molecule has 1 fully saturated rings. The monoisotopic (exact) mass is 325 g/mol. The van der Waals surface area contributed by atoms with Crippen molar-refractivity contribution in [1.82, 2.24) is 5.32 Å². The van der Waals surface area contributed by atoms with Crippen LogP contribution in [0.25, 0.3) is 0 Å². The Morgan fingerprint density at radius 3 is 2.42 bits per heavy atom. The van der Waals surface area contributed by atoms with Crippen LogP contribution in [0.5, 0.6) is 0 Å². The SMILES string of the molecule is O=C(NCCc1ccc(N2CCOCC2)cc1)Nc1ccccc1. The van der Waals surface area contributed by atoms with Gasteiger partial charge in [-0.05, 0) is 36.2 Å². The molecule has 0 atom stereocenters. The second-order valence-electron chi connectivity index (χ2n) is 5.76. The normalized spacial score (nSPS) is 14.2. The fourth-order valence-corrected chi connectivity index (χ4v) is 2.71. The highest BCUT2D eigenvalue weighted by Crippen LogP contribution is 2.16. The number of hydrogen-bond donors (Lipinski definition) is 2. The molecule has 2 N–H and O–H groups in total. The van der Waals surface area contributed by atoms with Gasteiger partial charge in [-0.2, -0.15) is 0 Å². The molecule has 3 rings (SSSR count). The first kappa shape index (κ1) is 16.3. The molecule has 5 nitrogen and oxygen atoms in total. The van der Waals surface area contributed by atoms with Gasteiger partial charge in [0.25, 0.3) is 0 Å². The van der Waals surface area contributed by atoms with Crippen LogP contribution in [0.2, 0.25) is 0 Å². The van der Waals surface area contributed by atoms with Crippen LogP contribution in [0.3, 0.4) is 0 Å². The van der Waals surface area contributed by atoms with Gasteiger partial charge < -0.3 is 20.3 Å². The van der Waals surface area contributed by atoms with E-state index in [9.17, 15) is 4.79 Å². The summed E-state index contributed by atoms with van der Waals surface area (Å²) in [6, 6.07) is 17.8. The Morgan fingerprint density at radius 1 is 1.00 bits per heavy atom. The molecule has 1 saturated heterocycles. The second kappa shape index (κ2) is 8.36. The molecule has 0 unspecified atom stereocenters. The highest BCUT2D eigenvalue weighted by Gasteiger charge is 2.10. The smallest absolute Gasteiger partial charge is 0.319 e. The van der Waals surface area contributed by atoms with E-state index in [0.717, 1.165) is 38.4 Å². The van der Waals surface area contributed by atoms with Gasteiger partial charge in [-0.3, -0.25) is 0 Å². The Kier molecular flexibility index (Phi) is 5.69. The van der Waals surface area contributed by atoms with Gasteiger partial charge in [-0.25, -0.2) is 4.79 Å². The molecule has 0 saturated carbocycles. The van der Waals surface area contributed by atoms with Crippen LogP contribution in [0.15, 0.2) is 54.6 Å². The number of nitrogens with zero attached hydrogens (tertiary/aromatic N) is 1. The predicted octanol–water partition coefficient (Wildman–Crippen LogP) is 2.89. The predicted molar refractivity (Wildman–Crippen MR) is 96.6 cm³/mol. The molecule has 24 heavy (non-hydrogen) atoms. The molecule has 5 heteroatoms. The first-order valence-corrected chi connectivity index (χ1v) is 8.33. The quantitative estimate of drug-likeness (QED) is 0.889. The summed E-state index contributed by atoms with van der Waals surface area (Å²) >= 11 is 0. The molecule has 2 aromatic carbocycles. The lowest BCUT2D eigenvalue weighted by atomic mass is 10.1.